The molecule has 1 amide bonds. The number of benzene rings is 1. The summed E-state index contributed by atoms with van der Waals surface area (Å²) < 4.78 is 13.9. The van der Waals surface area contributed by atoms with Gasteiger partial charge in [0.05, 0.1) is 16.1 Å². The van der Waals surface area contributed by atoms with Gasteiger partial charge in [-0.1, -0.05) is 11.6 Å². The van der Waals surface area contributed by atoms with Crippen LogP contribution in [0.2, 0.25) is 5.02 Å². The van der Waals surface area contributed by atoms with Crippen LogP contribution >= 0.6 is 11.6 Å². The molecule has 3 atom stereocenters. The number of nitrogens with zero attached hydrogens (tertiary/aromatic N) is 3. The molecule has 5 rings (SSSR count). The van der Waals surface area contributed by atoms with E-state index in [1.54, 1.807) is 24.3 Å². The topological polar surface area (TPSA) is 58.1 Å². The molecule has 0 bridgehead atoms. The Bertz CT molecular complexity index is 1150. The number of hydrogen-bond acceptors (Lipinski definition) is 4. The van der Waals surface area contributed by atoms with E-state index in [2.05, 4.69) is 20.2 Å². The number of carbonyl (C=O) groups excluding carboxylic acids is 1. The van der Waals surface area contributed by atoms with Crippen molar-refractivity contribution in [1.29, 1.82) is 0 Å². The molecule has 32 heavy (non-hydrogen) atoms. The number of likely N-dealkylation sites (tertiary alicyclic amines) is 1. The van der Waals surface area contributed by atoms with Crippen LogP contribution in [0.25, 0.3) is 10.9 Å². The van der Waals surface area contributed by atoms with E-state index in [1.807, 2.05) is 26.1 Å². The molecule has 2 aromatic heterocycles. The molecule has 0 spiro atoms. The molecule has 1 saturated heterocycles. The molecule has 1 aliphatic heterocycles. The molecule has 1 aliphatic carbocycles. The third kappa shape index (κ3) is 3.86. The summed E-state index contributed by atoms with van der Waals surface area (Å²) in [6.07, 6.45) is 5.45. The van der Waals surface area contributed by atoms with Gasteiger partial charge in [0.25, 0.3) is 0 Å². The number of fused-ring (bicyclic) bond motifs is 2. The van der Waals surface area contributed by atoms with Gasteiger partial charge in [-0.2, -0.15) is 0 Å². The van der Waals surface area contributed by atoms with Crippen LogP contribution < -0.4 is 5.32 Å². The molecule has 7 heteroatoms. The number of hydrogen-bond donors (Lipinski definition) is 1. The highest BCUT2D eigenvalue weighted by Gasteiger charge is 2.47. The van der Waals surface area contributed by atoms with Gasteiger partial charge in [-0.05, 0) is 86.4 Å². The average Bonchev–Trinajstić information content (AvgIpc) is 3.34. The lowest BCUT2D eigenvalue weighted by atomic mass is 9.92. The Kier molecular flexibility index (Phi) is 5.38. The van der Waals surface area contributed by atoms with Crippen molar-refractivity contribution in [3.8, 4) is 0 Å². The molecular weight excluding hydrogens is 427 g/mol. The lowest BCUT2D eigenvalue weighted by molar-refractivity contribution is -0.125. The first-order valence-corrected chi connectivity index (χ1v) is 11.4. The van der Waals surface area contributed by atoms with E-state index in [0.29, 0.717) is 28.6 Å². The van der Waals surface area contributed by atoms with E-state index in [0.717, 1.165) is 36.8 Å². The first kappa shape index (κ1) is 21.3. The monoisotopic (exact) mass is 452 g/mol. The van der Waals surface area contributed by atoms with Crippen LogP contribution in [0, 0.1) is 17.7 Å². The summed E-state index contributed by atoms with van der Waals surface area (Å²) in [5.74, 6) is 1.66. The SMILES string of the molecule is CC(C)(C(=O)Nc1ccc(Cl)cn1)N1C[C@H]2CC(c3ccnc4ccc(F)cc34)C[C@H]2C1. The van der Waals surface area contributed by atoms with Crippen molar-refractivity contribution in [3.05, 3.63) is 65.2 Å². The molecule has 0 radical (unpaired) electrons. The predicted molar refractivity (Wildman–Crippen MR) is 124 cm³/mol. The molecule has 1 unspecified atom stereocenters. The van der Waals surface area contributed by atoms with Crippen LogP contribution in [0.4, 0.5) is 10.2 Å². The van der Waals surface area contributed by atoms with Gasteiger partial charge in [-0.3, -0.25) is 14.7 Å². The molecule has 166 valence electrons. The van der Waals surface area contributed by atoms with E-state index < -0.39 is 5.54 Å². The van der Waals surface area contributed by atoms with E-state index in [1.165, 1.54) is 17.8 Å². The second kappa shape index (κ2) is 8.09. The fourth-order valence-electron chi connectivity index (χ4n) is 5.37. The maximum atomic E-state index is 13.9. The second-order valence-electron chi connectivity index (χ2n) is 9.53. The number of aromatic nitrogens is 2. The van der Waals surface area contributed by atoms with Crippen LogP contribution in [-0.4, -0.2) is 39.4 Å². The van der Waals surface area contributed by atoms with Crippen LogP contribution in [0.1, 0.15) is 38.2 Å². The third-order valence-corrected chi connectivity index (χ3v) is 7.47. The minimum atomic E-state index is -0.645. The van der Waals surface area contributed by atoms with Gasteiger partial charge < -0.3 is 5.32 Å². The van der Waals surface area contributed by atoms with Gasteiger partial charge >= 0.3 is 0 Å². The summed E-state index contributed by atoms with van der Waals surface area (Å²) in [6, 6.07) is 10.3. The average molecular weight is 453 g/mol. The van der Waals surface area contributed by atoms with E-state index >= 15 is 0 Å². The zero-order valence-electron chi connectivity index (χ0n) is 18.2. The number of amides is 1. The third-order valence-electron chi connectivity index (χ3n) is 7.24. The highest BCUT2D eigenvalue weighted by Crippen LogP contribution is 2.48. The largest absolute Gasteiger partial charge is 0.309 e. The van der Waals surface area contributed by atoms with E-state index in [4.69, 9.17) is 11.6 Å². The molecule has 5 nitrogen and oxygen atoms in total. The van der Waals surface area contributed by atoms with Crippen molar-refractivity contribution >= 4 is 34.2 Å². The minimum absolute atomic E-state index is 0.0700. The molecule has 1 aromatic carbocycles. The van der Waals surface area contributed by atoms with Gasteiger partial charge in [-0.25, -0.2) is 9.37 Å². The van der Waals surface area contributed by atoms with E-state index in [9.17, 15) is 9.18 Å². The number of rotatable bonds is 4. The summed E-state index contributed by atoms with van der Waals surface area (Å²) in [7, 11) is 0. The Morgan fingerprint density at radius 2 is 1.88 bits per heavy atom. The Morgan fingerprint density at radius 3 is 2.56 bits per heavy atom. The first-order chi connectivity index (χ1) is 15.3. The smallest absolute Gasteiger partial charge is 0.245 e. The van der Waals surface area contributed by atoms with Gasteiger partial charge in [0.2, 0.25) is 5.91 Å². The lowest BCUT2D eigenvalue weighted by Gasteiger charge is -2.35. The van der Waals surface area contributed by atoms with Crippen molar-refractivity contribution in [2.75, 3.05) is 18.4 Å². The van der Waals surface area contributed by atoms with Crippen LogP contribution in [0.3, 0.4) is 0 Å². The van der Waals surface area contributed by atoms with Gasteiger partial charge in [-0.15, -0.1) is 0 Å². The molecule has 2 fully saturated rings. The van der Waals surface area contributed by atoms with Crippen molar-refractivity contribution < 1.29 is 9.18 Å². The molecule has 2 aliphatic rings. The summed E-state index contributed by atoms with van der Waals surface area (Å²) in [6.45, 7) is 5.70. The van der Waals surface area contributed by atoms with Crippen molar-refractivity contribution in [2.45, 2.75) is 38.1 Å². The Labute approximate surface area is 192 Å². The first-order valence-electron chi connectivity index (χ1n) is 11.0. The van der Waals surface area contributed by atoms with E-state index in [-0.39, 0.29) is 11.7 Å². The van der Waals surface area contributed by atoms with Gasteiger partial charge in [0.15, 0.2) is 0 Å². The predicted octanol–water partition coefficient (Wildman–Crippen LogP) is 5.27. The fraction of sp³-hybridized carbons (Fsp3) is 0.400. The number of nitrogens with one attached hydrogen (secondary N) is 1. The molecule has 3 aromatic rings. The minimum Gasteiger partial charge on any atom is -0.309 e. The molecule has 1 N–H and O–H groups in total. The lowest BCUT2D eigenvalue weighted by Crippen LogP contribution is -2.52. The van der Waals surface area contributed by atoms with Gasteiger partial charge in [0.1, 0.15) is 11.6 Å². The Hall–Kier alpha value is -2.57. The normalized spacial score (nSPS) is 23.4. The zero-order valence-corrected chi connectivity index (χ0v) is 18.9. The summed E-state index contributed by atoms with van der Waals surface area (Å²) >= 11 is 5.89. The van der Waals surface area contributed by atoms with Crippen molar-refractivity contribution in [2.24, 2.45) is 11.8 Å². The number of halogens is 2. The number of pyridine rings is 2. The molecule has 1 saturated carbocycles. The maximum absolute atomic E-state index is 13.9. The van der Waals surface area contributed by atoms with Crippen LogP contribution in [0.15, 0.2) is 48.8 Å². The van der Waals surface area contributed by atoms with Crippen LogP contribution in [-0.2, 0) is 4.79 Å². The molecular formula is C25H26ClFN4O. The van der Waals surface area contributed by atoms with Gasteiger partial charge in [0, 0.05) is 30.9 Å². The number of carbonyl (C=O) groups is 1. The fourth-order valence-corrected chi connectivity index (χ4v) is 5.48. The zero-order chi connectivity index (χ0) is 22.5. The second-order valence-corrected chi connectivity index (χ2v) is 9.97. The summed E-state index contributed by atoms with van der Waals surface area (Å²) in [4.78, 5) is 23.9. The summed E-state index contributed by atoms with van der Waals surface area (Å²) in [5, 5.41) is 4.38. The highest BCUT2D eigenvalue weighted by molar-refractivity contribution is 6.30. The molecule has 3 heterocycles. The maximum Gasteiger partial charge on any atom is 0.245 e. The van der Waals surface area contributed by atoms with Crippen molar-refractivity contribution in [1.82, 2.24) is 14.9 Å². The Balaban J connectivity index is 1.28. The van der Waals surface area contributed by atoms with Crippen LogP contribution in [0.5, 0.6) is 0 Å². The highest BCUT2D eigenvalue weighted by atomic mass is 35.5. The van der Waals surface area contributed by atoms with Crippen molar-refractivity contribution in [3.63, 3.8) is 0 Å². The standard InChI is InChI=1S/C25H26ClFN4O/c1-25(2,24(32)30-23-6-3-18(26)12-29-23)31-13-16-9-15(10-17(16)14-31)20-7-8-28-22-5-4-19(27)11-21(20)22/h3-8,11-12,15-17H,9-10,13-14H2,1-2H3,(H,29,30,32)/t15?,16-,17+. The quantitative estimate of drug-likeness (QED) is 0.586. The summed E-state index contributed by atoms with van der Waals surface area (Å²) in [5.41, 5.74) is 1.39. The number of anilines is 1. The Morgan fingerprint density at radius 1 is 1.12 bits per heavy atom.